The lowest BCUT2D eigenvalue weighted by Gasteiger charge is -2.06. The molecule has 1 rings (SSSR count). The van der Waals surface area contributed by atoms with Gasteiger partial charge in [-0.25, -0.2) is 0 Å². The number of benzene rings is 1. The molecule has 0 radical (unpaired) electrons. The van der Waals surface area contributed by atoms with E-state index in [0.29, 0.717) is 0 Å². The Morgan fingerprint density at radius 1 is 1.42 bits per heavy atom. The summed E-state index contributed by atoms with van der Waals surface area (Å²) in [7, 11) is 0. The number of nitrogens with zero attached hydrogens (tertiary/aromatic N) is 2. The summed E-state index contributed by atoms with van der Waals surface area (Å²) in [5, 5.41) is 21.6. The molecule has 0 aromatic heterocycles. The van der Waals surface area contributed by atoms with E-state index in [1.165, 1.54) is 0 Å². The smallest absolute Gasteiger partial charge is 0.215 e. The number of hydrogen-bond donors (Lipinski definition) is 1. The van der Waals surface area contributed by atoms with Crippen molar-refractivity contribution in [3.05, 3.63) is 41.1 Å². The molecule has 0 saturated heterocycles. The lowest BCUT2D eigenvalue weighted by molar-refractivity contribution is -0.594. The van der Waals surface area contributed by atoms with Gasteiger partial charge in [-0.15, -0.1) is 0 Å². The van der Waals surface area contributed by atoms with Gasteiger partial charge in [0.25, 0.3) is 0 Å². The Morgan fingerprint density at radius 3 is 2.50 bits per heavy atom. The van der Waals surface area contributed by atoms with Crippen molar-refractivity contribution in [2.24, 2.45) is 5.28 Å². The summed E-state index contributed by atoms with van der Waals surface area (Å²) in [4.78, 5) is 0.259. The van der Waals surface area contributed by atoms with E-state index in [2.05, 4.69) is 5.28 Å². The molecule has 4 nitrogen and oxygen atoms in total. The Hall–Kier alpha value is -1.58. The average molecular weight is 166 g/mol. The summed E-state index contributed by atoms with van der Waals surface area (Å²) in [5.41, 5.74) is 0.824. The van der Waals surface area contributed by atoms with Gasteiger partial charge >= 0.3 is 0 Å². The molecule has 0 spiro atoms. The van der Waals surface area contributed by atoms with Crippen LogP contribution in [0.3, 0.4) is 0 Å². The molecule has 1 atom stereocenters. The van der Waals surface area contributed by atoms with E-state index in [9.17, 15) is 5.21 Å². The van der Waals surface area contributed by atoms with E-state index in [4.69, 9.17) is 5.21 Å². The first-order valence-electron chi connectivity index (χ1n) is 3.62. The minimum atomic E-state index is -0.448. The molecule has 0 bridgehead atoms. The number of hydroxylamine groups is 1. The van der Waals surface area contributed by atoms with E-state index in [0.717, 1.165) is 5.56 Å². The van der Waals surface area contributed by atoms with Gasteiger partial charge < -0.3 is 10.4 Å². The molecule has 0 fully saturated rings. The Bertz CT molecular complexity index is 272. The van der Waals surface area contributed by atoms with Crippen molar-refractivity contribution in [2.75, 3.05) is 0 Å². The standard InChI is InChI=1S/C8H10N2O2/c1-7(10(12)9-11)8-5-3-2-4-6-8/h2-7,11H,1H3/b10-9+. The van der Waals surface area contributed by atoms with Gasteiger partial charge in [0.1, 0.15) is 0 Å². The minimum Gasteiger partial charge on any atom is -0.597 e. The molecule has 0 aliphatic carbocycles. The average Bonchev–Trinajstić information content (AvgIpc) is 2.17. The molecule has 1 aromatic carbocycles. The molecule has 0 amide bonds. The normalized spacial score (nSPS) is 14.2. The molecule has 64 valence electrons. The van der Waals surface area contributed by atoms with E-state index >= 15 is 0 Å². The first-order valence-corrected chi connectivity index (χ1v) is 3.62. The summed E-state index contributed by atoms with van der Waals surface area (Å²) in [6.07, 6.45) is 0. The topological polar surface area (TPSA) is 58.7 Å². The maximum Gasteiger partial charge on any atom is 0.215 e. The predicted octanol–water partition coefficient (Wildman–Crippen LogP) is 2.10. The van der Waals surface area contributed by atoms with Gasteiger partial charge in [-0.3, -0.25) is 0 Å². The fourth-order valence-corrected chi connectivity index (χ4v) is 0.937. The molecule has 0 heterocycles. The van der Waals surface area contributed by atoms with Gasteiger partial charge in [-0.05, 0) is 4.86 Å². The van der Waals surface area contributed by atoms with Gasteiger partial charge in [0.15, 0.2) is 5.28 Å². The summed E-state index contributed by atoms with van der Waals surface area (Å²) >= 11 is 0. The van der Waals surface area contributed by atoms with Crippen molar-refractivity contribution in [3.8, 4) is 0 Å². The monoisotopic (exact) mass is 166 g/mol. The van der Waals surface area contributed by atoms with Crippen molar-refractivity contribution in [3.63, 3.8) is 0 Å². The third-order valence-corrected chi connectivity index (χ3v) is 1.70. The second-order valence-corrected chi connectivity index (χ2v) is 2.48. The Balaban J connectivity index is 2.86. The SMILES string of the molecule is CC(c1ccccc1)/[N+]([O-])=N\O. The van der Waals surface area contributed by atoms with Crippen LogP contribution in [0.5, 0.6) is 0 Å². The first kappa shape index (κ1) is 8.52. The Kier molecular flexibility index (Phi) is 2.63. The predicted molar refractivity (Wildman–Crippen MR) is 42.7 cm³/mol. The zero-order valence-corrected chi connectivity index (χ0v) is 6.71. The van der Waals surface area contributed by atoms with Gasteiger partial charge in [0.05, 0.1) is 0 Å². The van der Waals surface area contributed by atoms with Crippen molar-refractivity contribution in [1.29, 1.82) is 0 Å². The zero-order valence-electron chi connectivity index (χ0n) is 6.71. The van der Waals surface area contributed by atoms with Crippen LogP contribution in [0.25, 0.3) is 0 Å². The summed E-state index contributed by atoms with van der Waals surface area (Å²) in [5.74, 6) is 0. The molecule has 1 unspecified atom stereocenters. The molecule has 12 heavy (non-hydrogen) atoms. The highest BCUT2D eigenvalue weighted by atomic mass is 16.6. The van der Waals surface area contributed by atoms with Crippen LogP contribution in [0, 0.1) is 5.21 Å². The molecule has 1 aromatic rings. The highest BCUT2D eigenvalue weighted by molar-refractivity contribution is 5.16. The zero-order chi connectivity index (χ0) is 8.97. The van der Waals surface area contributed by atoms with Crippen LogP contribution in [0.15, 0.2) is 35.6 Å². The molecular weight excluding hydrogens is 156 g/mol. The Labute approximate surface area is 70.3 Å². The molecule has 4 heteroatoms. The van der Waals surface area contributed by atoms with Crippen LogP contribution in [-0.2, 0) is 0 Å². The van der Waals surface area contributed by atoms with E-state index in [-0.39, 0.29) is 4.86 Å². The number of rotatable bonds is 2. The van der Waals surface area contributed by atoms with Crippen LogP contribution in [0.1, 0.15) is 18.5 Å². The fourth-order valence-electron chi connectivity index (χ4n) is 0.937. The van der Waals surface area contributed by atoms with Crippen LogP contribution in [0.4, 0.5) is 0 Å². The van der Waals surface area contributed by atoms with Crippen LogP contribution in [0.2, 0.25) is 0 Å². The summed E-state index contributed by atoms with van der Waals surface area (Å²) in [6, 6.07) is 8.69. The van der Waals surface area contributed by atoms with Crippen molar-refractivity contribution in [2.45, 2.75) is 13.0 Å². The van der Waals surface area contributed by atoms with E-state index in [1.54, 1.807) is 19.1 Å². The largest absolute Gasteiger partial charge is 0.597 e. The third-order valence-electron chi connectivity index (χ3n) is 1.70. The van der Waals surface area contributed by atoms with Gasteiger partial charge in [-0.1, -0.05) is 30.3 Å². The summed E-state index contributed by atoms with van der Waals surface area (Å²) < 4.78 is 0. The van der Waals surface area contributed by atoms with Crippen LogP contribution in [-0.4, -0.2) is 10.1 Å². The minimum absolute atomic E-state index is 0.259. The maximum atomic E-state index is 10.8. The molecule has 1 N–H and O–H groups in total. The first-order chi connectivity index (χ1) is 5.75. The highest BCUT2D eigenvalue weighted by Crippen LogP contribution is 2.14. The van der Waals surface area contributed by atoms with Crippen molar-refractivity contribution < 1.29 is 10.1 Å². The fraction of sp³-hybridized carbons (Fsp3) is 0.250. The maximum absolute atomic E-state index is 10.8. The molecule has 0 aliphatic rings. The third kappa shape index (κ3) is 1.72. The molecule has 0 aliphatic heterocycles. The lowest BCUT2D eigenvalue weighted by Crippen LogP contribution is -2.06. The van der Waals surface area contributed by atoms with Gasteiger partial charge in [0.2, 0.25) is 6.04 Å². The lowest BCUT2D eigenvalue weighted by atomic mass is 10.1. The van der Waals surface area contributed by atoms with Gasteiger partial charge in [0, 0.05) is 12.5 Å². The molecule has 0 saturated carbocycles. The summed E-state index contributed by atoms with van der Waals surface area (Å²) in [6.45, 7) is 1.67. The van der Waals surface area contributed by atoms with Crippen LogP contribution < -0.4 is 0 Å². The molecular formula is C8H10N2O2. The Morgan fingerprint density at radius 2 is 2.00 bits per heavy atom. The number of hydrogen-bond acceptors (Lipinski definition) is 2. The quantitative estimate of drug-likeness (QED) is 0.415. The second kappa shape index (κ2) is 3.71. The van der Waals surface area contributed by atoms with Gasteiger partial charge in [-0.2, -0.15) is 0 Å². The highest BCUT2D eigenvalue weighted by Gasteiger charge is 2.12. The van der Waals surface area contributed by atoms with Crippen molar-refractivity contribution >= 4 is 0 Å². The van der Waals surface area contributed by atoms with E-state index < -0.39 is 6.04 Å². The second-order valence-electron chi connectivity index (χ2n) is 2.48. The van der Waals surface area contributed by atoms with E-state index in [1.807, 2.05) is 18.2 Å². The van der Waals surface area contributed by atoms with Crippen molar-refractivity contribution in [1.82, 2.24) is 0 Å². The van der Waals surface area contributed by atoms with Crippen LogP contribution >= 0.6 is 0 Å².